The largest absolute Gasteiger partial charge is 0.493 e. The average Bonchev–Trinajstić information content (AvgIpc) is 3.05. The lowest BCUT2D eigenvalue weighted by atomic mass is 10.1. The van der Waals surface area contributed by atoms with Crippen molar-refractivity contribution in [3.63, 3.8) is 0 Å². The lowest BCUT2D eigenvalue weighted by Gasteiger charge is -2.13. The van der Waals surface area contributed by atoms with Gasteiger partial charge in [0.15, 0.2) is 28.8 Å². The van der Waals surface area contributed by atoms with Crippen molar-refractivity contribution in [3.8, 4) is 17.2 Å². The fourth-order valence-electron chi connectivity index (χ4n) is 2.60. The number of nitrogens with zero attached hydrogens (tertiary/aromatic N) is 1. The lowest BCUT2D eigenvalue weighted by Crippen LogP contribution is -2.07. The minimum Gasteiger partial charge on any atom is -0.493 e. The molecule has 0 N–H and O–H groups in total. The Bertz CT molecular complexity index is 1090. The molecule has 0 saturated carbocycles. The van der Waals surface area contributed by atoms with Crippen LogP contribution in [0.2, 0.25) is 5.02 Å². The number of cyclic esters (lactones) is 1. The zero-order valence-corrected chi connectivity index (χ0v) is 16.7. The number of hydrogen-bond acceptors (Lipinski definition) is 7. The van der Waals surface area contributed by atoms with E-state index in [1.54, 1.807) is 0 Å². The fourth-order valence-corrected chi connectivity index (χ4v) is 2.83. The van der Waals surface area contributed by atoms with E-state index in [9.17, 15) is 18.4 Å². The van der Waals surface area contributed by atoms with E-state index < -0.39 is 23.6 Å². The number of carbonyl (C=O) groups excluding carboxylic acids is 2. The molecule has 0 fully saturated rings. The van der Waals surface area contributed by atoms with Crippen molar-refractivity contribution in [1.82, 2.24) is 0 Å². The van der Waals surface area contributed by atoms with Crippen LogP contribution in [0.3, 0.4) is 0 Å². The summed E-state index contributed by atoms with van der Waals surface area (Å²) in [5, 5.41) is -0.171. The van der Waals surface area contributed by atoms with Crippen molar-refractivity contribution in [2.24, 2.45) is 4.99 Å². The molecule has 10 heteroatoms. The molecule has 7 nitrogen and oxygen atoms in total. The summed E-state index contributed by atoms with van der Waals surface area (Å²) in [5.41, 5.74) is 0.204. The first-order chi connectivity index (χ1) is 14.2. The molecule has 2 aromatic carbocycles. The maximum atomic E-state index is 13.5. The maximum Gasteiger partial charge on any atom is 0.363 e. The van der Waals surface area contributed by atoms with Gasteiger partial charge in [0.05, 0.1) is 24.8 Å². The van der Waals surface area contributed by atoms with Gasteiger partial charge in [-0.05, 0) is 35.9 Å². The number of ether oxygens (including phenoxy) is 4. The third-order valence-corrected chi connectivity index (χ3v) is 4.21. The number of esters is 2. The highest BCUT2D eigenvalue weighted by atomic mass is 35.5. The minimum absolute atomic E-state index is 0.0707. The van der Waals surface area contributed by atoms with Crippen LogP contribution in [0.1, 0.15) is 18.1 Å². The van der Waals surface area contributed by atoms with Gasteiger partial charge in [-0.2, -0.15) is 0 Å². The highest BCUT2D eigenvalue weighted by Gasteiger charge is 2.27. The SMILES string of the molecule is COc1cc(C=C2N=C(c3cc(F)c(F)cc3Cl)OC2=O)cc(OC)c1OC(C)=O. The van der Waals surface area contributed by atoms with Crippen LogP contribution in [-0.2, 0) is 14.3 Å². The van der Waals surface area contributed by atoms with Crippen LogP contribution < -0.4 is 14.2 Å². The molecule has 3 rings (SSSR count). The molecule has 0 aromatic heterocycles. The molecular formula is C20H14ClF2NO6. The molecule has 156 valence electrons. The predicted octanol–water partition coefficient (Wildman–Crippen LogP) is 3.91. The van der Waals surface area contributed by atoms with E-state index >= 15 is 0 Å². The van der Waals surface area contributed by atoms with Crippen LogP contribution in [0.25, 0.3) is 6.08 Å². The van der Waals surface area contributed by atoms with Gasteiger partial charge < -0.3 is 18.9 Å². The maximum absolute atomic E-state index is 13.5. The summed E-state index contributed by atoms with van der Waals surface area (Å²) >= 11 is 5.90. The standard InChI is InChI=1S/C20H14ClF2NO6/c1-9(25)29-18-16(27-2)5-10(6-17(18)28-3)4-15-20(26)30-19(24-15)11-7-13(22)14(23)8-12(11)21/h4-8H,1-3H3. The summed E-state index contributed by atoms with van der Waals surface area (Å²) in [7, 11) is 2.73. The second-order valence-electron chi connectivity index (χ2n) is 5.93. The molecule has 1 heterocycles. The van der Waals surface area contributed by atoms with Crippen molar-refractivity contribution in [2.75, 3.05) is 14.2 Å². The quantitative estimate of drug-likeness (QED) is 0.305. The van der Waals surface area contributed by atoms with Crippen molar-refractivity contribution in [3.05, 3.63) is 57.7 Å². The topological polar surface area (TPSA) is 83.4 Å². The molecule has 1 aliphatic heterocycles. The lowest BCUT2D eigenvalue weighted by molar-refractivity contribution is -0.132. The van der Waals surface area contributed by atoms with Crippen LogP contribution in [-0.4, -0.2) is 32.1 Å². The molecular weight excluding hydrogens is 424 g/mol. The Morgan fingerprint density at radius 3 is 2.27 bits per heavy atom. The van der Waals surface area contributed by atoms with Gasteiger partial charge in [-0.15, -0.1) is 0 Å². The molecule has 0 atom stereocenters. The number of hydrogen-bond donors (Lipinski definition) is 0. The van der Waals surface area contributed by atoms with E-state index in [2.05, 4.69) is 4.99 Å². The molecule has 0 unspecified atom stereocenters. The summed E-state index contributed by atoms with van der Waals surface area (Å²) in [6.45, 7) is 1.23. The molecule has 0 bridgehead atoms. The van der Waals surface area contributed by atoms with Crippen LogP contribution in [0.15, 0.2) is 35.0 Å². The molecule has 30 heavy (non-hydrogen) atoms. The highest BCUT2D eigenvalue weighted by molar-refractivity contribution is 6.34. The minimum atomic E-state index is -1.17. The molecule has 0 radical (unpaired) electrons. The van der Waals surface area contributed by atoms with Crippen LogP contribution in [0.5, 0.6) is 17.2 Å². The van der Waals surface area contributed by atoms with E-state index in [1.165, 1.54) is 39.4 Å². The molecule has 2 aromatic rings. The van der Waals surface area contributed by atoms with Crippen LogP contribution >= 0.6 is 11.6 Å². The summed E-state index contributed by atoms with van der Waals surface area (Å²) in [6, 6.07) is 4.51. The van der Waals surface area contributed by atoms with Gasteiger partial charge >= 0.3 is 11.9 Å². The van der Waals surface area contributed by atoms with Gasteiger partial charge in [-0.3, -0.25) is 4.79 Å². The Labute approximate surface area is 174 Å². The summed E-state index contributed by atoms with van der Waals surface area (Å²) in [5.74, 6) is -3.56. The first-order valence-corrected chi connectivity index (χ1v) is 8.73. The van der Waals surface area contributed by atoms with E-state index in [1.807, 2.05) is 0 Å². The third-order valence-electron chi connectivity index (χ3n) is 3.89. The monoisotopic (exact) mass is 437 g/mol. The fraction of sp³-hybridized carbons (Fsp3) is 0.150. The Kier molecular flexibility index (Phi) is 6.02. The number of halogens is 3. The summed E-state index contributed by atoms with van der Waals surface area (Å²) in [4.78, 5) is 27.5. The van der Waals surface area contributed by atoms with Gasteiger partial charge in [0.25, 0.3) is 0 Å². The van der Waals surface area contributed by atoms with Gasteiger partial charge in [-0.1, -0.05) is 11.6 Å². The molecule has 1 aliphatic rings. The smallest absolute Gasteiger partial charge is 0.363 e. The van der Waals surface area contributed by atoms with Gasteiger partial charge in [0.1, 0.15) is 0 Å². The Morgan fingerprint density at radius 2 is 1.70 bits per heavy atom. The normalized spacial score (nSPS) is 14.4. The first-order valence-electron chi connectivity index (χ1n) is 8.35. The van der Waals surface area contributed by atoms with E-state index in [0.717, 1.165) is 12.1 Å². The second kappa shape index (κ2) is 8.50. The molecule has 0 spiro atoms. The van der Waals surface area contributed by atoms with E-state index in [4.69, 9.17) is 30.5 Å². The number of aliphatic imine (C=N–C) groups is 1. The number of benzene rings is 2. The Balaban J connectivity index is 2.03. The van der Waals surface area contributed by atoms with Crippen LogP contribution in [0.4, 0.5) is 8.78 Å². The first kappa shape index (κ1) is 21.3. The third kappa shape index (κ3) is 4.25. The van der Waals surface area contributed by atoms with Crippen molar-refractivity contribution >= 4 is 35.5 Å². The van der Waals surface area contributed by atoms with Crippen molar-refractivity contribution in [2.45, 2.75) is 6.92 Å². The summed E-state index contributed by atoms with van der Waals surface area (Å²) < 4.78 is 47.4. The number of carbonyl (C=O) groups is 2. The molecule has 0 saturated heterocycles. The van der Waals surface area contributed by atoms with Crippen molar-refractivity contribution in [1.29, 1.82) is 0 Å². The number of rotatable bonds is 5. The second-order valence-corrected chi connectivity index (χ2v) is 6.34. The van der Waals surface area contributed by atoms with Crippen LogP contribution in [0, 0.1) is 11.6 Å². The summed E-state index contributed by atoms with van der Waals surface area (Å²) in [6.07, 6.45) is 1.35. The van der Waals surface area contributed by atoms with Gasteiger partial charge in [-0.25, -0.2) is 18.6 Å². The highest BCUT2D eigenvalue weighted by Crippen LogP contribution is 2.39. The molecule has 0 aliphatic carbocycles. The van der Waals surface area contributed by atoms with Gasteiger partial charge in [0, 0.05) is 6.92 Å². The van der Waals surface area contributed by atoms with E-state index in [0.29, 0.717) is 5.56 Å². The van der Waals surface area contributed by atoms with Gasteiger partial charge in [0.2, 0.25) is 11.6 Å². The zero-order chi connectivity index (χ0) is 22.0. The molecule has 0 amide bonds. The zero-order valence-electron chi connectivity index (χ0n) is 15.9. The predicted molar refractivity (Wildman–Crippen MR) is 103 cm³/mol. The number of methoxy groups -OCH3 is 2. The Morgan fingerprint density at radius 1 is 1.10 bits per heavy atom. The average molecular weight is 438 g/mol. The van der Waals surface area contributed by atoms with E-state index in [-0.39, 0.29) is 39.4 Å². The Hall–Kier alpha value is -3.46. The van der Waals surface area contributed by atoms with Crippen molar-refractivity contribution < 1.29 is 37.3 Å².